The van der Waals surface area contributed by atoms with E-state index >= 15 is 0 Å². The summed E-state index contributed by atoms with van der Waals surface area (Å²) >= 11 is 0. The first-order valence-electron chi connectivity index (χ1n) is 8.86. The number of anilines is 1. The van der Waals surface area contributed by atoms with E-state index in [1.54, 1.807) is 31.2 Å². The number of nitrogens with zero attached hydrogens (tertiary/aromatic N) is 1. The van der Waals surface area contributed by atoms with E-state index in [1.807, 2.05) is 30.3 Å². The Morgan fingerprint density at radius 2 is 1.82 bits per heavy atom. The second-order valence-corrected chi connectivity index (χ2v) is 6.32. The number of aryl methyl sites for hydroxylation is 1. The summed E-state index contributed by atoms with van der Waals surface area (Å²) in [4.78, 5) is 22.9. The third-order valence-corrected chi connectivity index (χ3v) is 4.27. The first-order valence-corrected chi connectivity index (χ1v) is 8.86. The van der Waals surface area contributed by atoms with Crippen LogP contribution in [0.15, 0.2) is 72.8 Å². The van der Waals surface area contributed by atoms with Gasteiger partial charge in [0.15, 0.2) is 0 Å². The highest BCUT2D eigenvalue weighted by atomic mass is 16.6. The maximum absolute atomic E-state index is 12.5. The van der Waals surface area contributed by atoms with Gasteiger partial charge in [0, 0.05) is 29.8 Å². The molecule has 0 radical (unpaired) electrons. The summed E-state index contributed by atoms with van der Waals surface area (Å²) in [7, 11) is 0. The summed E-state index contributed by atoms with van der Waals surface area (Å²) in [5, 5.41) is 13.6. The standard InChI is InChI=1S/C22H20N2O4/c1-16-14-19(24(26)27)10-11-21(16)23-22(25)18-8-5-9-20(15-18)28-13-12-17-6-3-2-4-7-17/h2-11,14-15H,12-13H2,1H3,(H,23,25). The first kappa shape index (κ1) is 19.1. The van der Waals surface area contributed by atoms with Gasteiger partial charge in [-0.05, 0) is 42.3 Å². The zero-order valence-corrected chi connectivity index (χ0v) is 15.4. The topological polar surface area (TPSA) is 81.5 Å². The van der Waals surface area contributed by atoms with E-state index in [4.69, 9.17) is 4.74 Å². The number of hydrogen-bond donors (Lipinski definition) is 1. The average molecular weight is 376 g/mol. The van der Waals surface area contributed by atoms with Crippen LogP contribution in [0, 0.1) is 17.0 Å². The monoisotopic (exact) mass is 376 g/mol. The summed E-state index contributed by atoms with van der Waals surface area (Å²) in [5.74, 6) is 0.314. The van der Waals surface area contributed by atoms with Crippen molar-refractivity contribution in [2.75, 3.05) is 11.9 Å². The highest BCUT2D eigenvalue weighted by Crippen LogP contribution is 2.22. The lowest BCUT2D eigenvalue weighted by Crippen LogP contribution is -2.13. The van der Waals surface area contributed by atoms with Crippen molar-refractivity contribution in [3.8, 4) is 5.75 Å². The summed E-state index contributed by atoms with van der Waals surface area (Å²) in [6.07, 6.45) is 0.777. The van der Waals surface area contributed by atoms with Crippen molar-refractivity contribution in [3.63, 3.8) is 0 Å². The van der Waals surface area contributed by atoms with E-state index in [0.29, 0.717) is 29.2 Å². The molecule has 0 aliphatic heterocycles. The molecule has 0 spiro atoms. The van der Waals surface area contributed by atoms with Crippen molar-refractivity contribution in [1.82, 2.24) is 0 Å². The van der Waals surface area contributed by atoms with E-state index in [9.17, 15) is 14.9 Å². The van der Waals surface area contributed by atoms with Gasteiger partial charge in [0.25, 0.3) is 11.6 Å². The van der Waals surface area contributed by atoms with Crippen LogP contribution in [0.1, 0.15) is 21.5 Å². The maximum Gasteiger partial charge on any atom is 0.269 e. The Kier molecular flexibility index (Phi) is 6.01. The van der Waals surface area contributed by atoms with Crippen LogP contribution < -0.4 is 10.1 Å². The number of rotatable bonds is 7. The SMILES string of the molecule is Cc1cc([N+](=O)[O-])ccc1NC(=O)c1cccc(OCCc2ccccc2)c1. The molecule has 6 heteroatoms. The predicted octanol–water partition coefficient (Wildman–Crippen LogP) is 4.78. The van der Waals surface area contributed by atoms with Gasteiger partial charge in [0.05, 0.1) is 11.5 Å². The molecule has 0 bridgehead atoms. The molecule has 0 heterocycles. The average Bonchev–Trinajstić information content (AvgIpc) is 2.70. The number of benzene rings is 3. The second-order valence-electron chi connectivity index (χ2n) is 6.32. The number of amides is 1. The van der Waals surface area contributed by atoms with E-state index in [-0.39, 0.29) is 11.6 Å². The zero-order chi connectivity index (χ0) is 19.9. The summed E-state index contributed by atoms with van der Waals surface area (Å²) in [6.45, 7) is 2.22. The van der Waals surface area contributed by atoms with E-state index < -0.39 is 4.92 Å². The Hall–Kier alpha value is -3.67. The quantitative estimate of drug-likeness (QED) is 0.475. The van der Waals surface area contributed by atoms with Gasteiger partial charge in [0.2, 0.25) is 0 Å². The molecule has 0 saturated carbocycles. The molecule has 1 amide bonds. The Morgan fingerprint density at radius 1 is 1.04 bits per heavy atom. The minimum atomic E-state index is -0.463. The van der Waals surface area contributed by atoms with Gasteiger partial charge in [-0.25, -0.2) is 0 Å². The summed E-state index contributed by atoms with van der Waals surface area (Å²) < 4.78 is 5.76. The normalized spacial score (nSPS) is 10.3. The smallest absolute Gasteiger partial charge is 0.269 e. The van der Waals surface area contributed by atoms with Crippen molar-refractivity contribution in [3.05, 3.63) is 99.6 Å². The van der Waals surface area contributed by atoms with E-state index in [2.05, 4.69) is 5.32 Å². The van der Waals surface area contributed by atoms with Gasteiger partial charge >= 0.3 is 0 Å². The third-order valence-electron chi connectivity index (χ3n) is 4.27. The van der Waals surface area contributed by atoms with Crippen molar-refractivity contribution in [2.24, 2.45) is 0 Å². The molecule has 6 nitrogen and oxygen atoms in total. The Labute approximate surface area is 162 Å². The van der Waals surface area contributed by atoms with Gasteiger partial charge < -0.3 is 10.1 Å². The number of non-ortho nitro benzene ring substituents is 1. The van der Waals surface area contributed by atoms with Gasteiger partial charge in [0.1, 0.15) is 5.75 Å². The molecule has 142 valence electrons. The molecule has 0 fully saturated rings. The number of hydrogen-bond acceptors (Lipinski definition) is 4. The molecular weight excluding hydrogens is 356 g/mol. The highest BCUT2D eigenvalue weighted by Gasteiger charge is 2.12. The molecule has 0 aliphatic rings. The van der Waals surface area contributed by atoms with Gasteiger partial charge in [-0.15, -0.1) is 0 Å². The van der Waals surface area contributed by atoms with Crippen LogP contribution in [-0.4, -0.2) is 17.4 Å². The Bertz CT molecular complexity index is 987. The molecule has 3 aromatic rings. The fraction of sp³-hybridized carbons (Fsp3) is 0.136. The van der Waals surface area contributed by atoms with Crippen LogP contribution in [0.3, 0.4) is 0 Å². The van der Waals surface area contributed by atoms with Crippen LogP contribution in [0.2, 0.25) is 0 Å². The largest absolute Gasteiger partial charge is 0.493 e. The molecule has 1 N–H and O–H groups in total. The van der Waals surface area contributed by atoms with Gasteiger partial charge in [-0.2, -0.15) is 0 Å². The molecule has 3 rings (SSSR count). The zero-order valence-electron chi connectivity index (χ0n) is 15.4. The van der Waals surface area contributed by atoms with Crippen molar-refractivity contribution in [2.45, 2.75) is 13.3 Å². The lowest BCUT2D eigenvalue weighted by Gasteiger charge is -2.10. The predicted molar refractivity (Wildman–Crippen MR) is 108 cm³/mol. The molecule has 0 atom stereocenters. The van der Waals surface area contributed by atoms with Crippen LogP contribution in [0.5, 0.6) is 5.75 Å². The van der Waals surface area contributed by atoms with Crippen molar-refractivity contribution in [1.29, 1.82) is 0 Å². The van der Waals surface area contributed by atoms with Crippen molar-refractivity contribution >= 4 is 17.3 Å². The minimum Gasteiger partial charge on any atom is -0.493 e. The lowest BCUT2D eigenvalue weighted by molar-refractivity contribution is -0.384. The van der Waals surface area contributed by atoms with Crippen LogP contribution in [-0.2, 0) is 6.42 Å². The van der Waals surface area contributed by atoms with E-state index in [0.717, 1.165) is 6.42 Å². The fourth-order valence-corrected chi connectivity index (χ4v) is 2.75. The number of nitro benzene ring substituents is 1. The Morgan fingerprint density at radius 3 is 2.54 bits per heavy atom. The van der Waals surface area contributed by atoms with Crippen molar-refractivity contribution < 1.29 is 14.5 Å². The van der Waals surface area contributed by atoms with Gasteiger partial charge in [-0.3, -0.25) is 14.9 Å². The molecule has 0 saturated heterocycles. The number of nitro groups is 1. The first-order chi connectivity index (χ1) is 13.5. The number of nitrogens with one attached hydrogen (secondary N) is 1. The molecule has 0 unspecified atom stereocenters. The molecule has 0 aliphatic carbocycles. The van der Waals surface area contributed by atoms with Crippen LogP contribution in [0.4, 0.5) is 11.4 Å². The molecular formula is C22H20N2O4. The summed E-state index contributed by atoms with van der Waals surface area (Å²) in [5.41, 5.74) is 2.79. The van der Waals surface area contributed by atoms with E-state index in [1.165, 1.54) is 23.8 Å². The second kappa shape index (κ2) is 8.81. The molecule has 0 aromatic heterocycles. The minimum absolute atomic E-state index is 0.00990. The van der Waals surface area contributed by atoms with Crippen LogP contribution >= 0.6 is 0 Å². The van der Waals surface area contributed by atoms with Gasteiger partial charge in [-0.1, -0.05) is 36.4 Å². The maximum atomic E-state index is 12.5. The fourth-order valence-electron chi connectivity index (χ4n) is 2.75. The molecule has 3 aromatic carbocycles. The number of carbonyl (C=O) groups is 1. The summed E-state index contributed by atoms with van der Waals surface area (Å²) in [6, 6.07) is 21.3. The highest BCUT2D eigenvalue weighted by molar-refractivity contribution is 6.04. The number of carbonyl (C=O) groups excluding carboxylic acids is 1. The molecule has 28 heavy (non-hydrogen) atoms. The lowest BCUT2D eigenvalue weighted by atomic mass is 10.1. The third kappa shape index (κ3) is 4.94. The number of ether oxygens (including phenoxy) is 1. The van der Waals surface area contributed by atoms with Crippen LogP contribution in [0.25, 0.3) is 0 Å². The Balaban J connectivity index is 1.63.